The molecule has 0 saturated carbocycles. The Morgan fingerprint density at radius 3 is 2.17 bits per heavy atom. The van der Waals surface area contributed by atoms with Gasteiger partial charge in [-0.15, -0.1) is 0 Å². The van der Waals surface area contributed by atoms with Crippen LogP contribution in [0.3, 0.4) is 0 Å². The van der Waals surface area contributed by atoms with E-state index in [4.69, 9.17) is 0 Å². The topological polar surface area (TPSA) is 20.2 Å². The average molecular weight is 164 g/mol. The van der Waals surface area contributed by atoms with Crippen molar-refractivity contribution in [3.8, 4) is 0 Å². The SMILES string of the molecule is Cc1cccc(C)c1C[C@@H](C)O. The Kier molecular flexibility index (Phi) is 2.88. The van der Waals surface area contributed by atoms with Crippen molar-refractivity contribution < 1.29 is 5.11 Å². The fraction of sp³-hybridized carbons (Fsp3) is 0.455. The van der Waals surface area contributed by atoms with Gasteiger partial charge in [-0.25, -0.2) is 0 Å². The van der Waals surface area contributed by atoms with Gasteiger partial charge in [0, 0.05) is 0 Å². The van der Waals surface area contributed by atoms with Crippen LogP contribution in [0.15, 0.2) is 18.2 Å². The lowest BCUT2D eigenvalue weighted by Gasteiger charge is -2.10. The molecule has 0 aliphatic heterocycles. The first-order chi connectivity index (χ1) is 5.61. The molecule has 12 heavy (non-hydrogen) atoms. The molecule has 0 aliphatic carbocycles. The van der Waals surface area contributed by atoms with E-state index in [0.717, 1.165) is 6.42 Å². The van der Waals surface area contributed by atoms with E-state index in [0.29, 0.717) is 0 Å². The van der Waals surface area contributed by atoms with Crippen LogP contribution in [0.25, 0.3) is 0 Å². The minimum absolute atomic E-state index is 0.246. The molecule has 1 N–H and O–H groups in total. The summed E-state index contributed by atoms with van der Waals surface area (Å²) in [6.07, 6.45) is 0.517. The molecule has 0 bridgehead atoms. The van der Waals surface area contributed by atoms with Crippen LogP contribution in [0.1, 0.15) is 23.6 Å². The first-order valence-electron chi connectivity index (χ1n) is 4.34. The quantitative estimate of drug-likeness (QED) is 0.710. The van der Waals surface area contributed by atoms with Crippen LogP contribution >= 0.6 is 0 Å². The van der Waals surface area contributed by atoms with Gasteiger partial charge in [0.2, 0.25) is 0 Å². The second-order valence-electron chi connectivity index (χ2n) is 3.42. The number of rotatable bonds is 2. The average Bonchev–Trinajstić information content (AvgIpc) is 1.97. The van der Waals surface area contributed by atoms with Gasteiger partial charge in [-0.05, 0) is 43.9 Å². The zero-order valence-electron chi connectivity index (χ0n) is 7.96. The largest absolute Gasteiger partial charge is 0.393 e. The predicted octanol–water partition coefficient (Wildman–Crippen LogP) is 2.23. The number of hydrogen-bond acceptors (Lipinski definition) is 1. The van der Waals surface area contributed by atoms with Gasteiger partial charge in [0.25, 0.3) is 0 Å². The van der Waals surface area contributed by atoms with Crippen molar-refractivity contribution >= 4 is 0 Å². The normalized spacial score (nSPS) is 13.0. The highest BCUT2D eigenvalue weighted by molar-refractivity contribution is 5.33. The number of benzene rings is 1. The van der Waals surface area contributed by atoms with E-state index in [-0.39, 0.29) is 6.10 Å². The highest BCUT2D eigenvalue weighted by atomic mass is 16.3. The molecule has 0 aromatic heterocycles. The third kappa shape index (κ3) is 2.08. The van der Waals surface area contributed by atoms with Crippen molar-refractivity contribution in [2.75, 3.05) is 0 Å². The Morgan fingerprint density at radius 2 is 1.75 bits per heavy atom. The van der Waals surface area contributed by atoms with E-state index < -0.39 is 0 Å². The van der Waals surface area contributed by atoms with Crippen LogP contribution in [0, 0.1) is 13.8 Å². The molecule has 1 aromatic rings. The standard InChI is InChI=1S/C11H16O/c1-8-5-4-6-9(2)11(8)7-10(3)12/h4-6,10,12H,7H2,1-3H3/t10-/m1/s1. The summed E-state index contributed by atoms with van der Waals surface area (Å²) in [6.45, 7) is 6.00. The first kappa shape index (κ1) is 9.27. The monoisotopic (exact) mass is 164 g/mol. The lowest BCUT2D eigenvalue weighted by molar-refractivity contribution is 0.195. The van der Waals surface area contributed by atoms with Crippen molar-refractivity contribution in [2.24, 2.45) is 0 Å². The van der Waals surface area contributed by atoms with Gasteiger partial charge in [0.1, 0.15) is 0 Å². The molecular weight excluding hydrogens is 148 g/mol. The number of hydrogen-bond donors (Lipinski definition) is 1. The molecule has 0 fully saturated rings. The van der Waals surface area contributed by atoms with Crippen LogP contribution in [0.2, 0.25) is 0 Å². The van der Waals surface area contributed by atoms with Gasteiger partial charge in [-0.1, -0.05) is 18.2 Å². The molecule has 1 aromatic carbocycles. The van der Waals surface area contributed by atoms with Crippen LogP contribution in [0.4, 0.5) is 0 Å². The van der Waals surface area contributed by atoms with Crippen molar-refractivity contribution in [3.05, 3.63) is 34.9 Å². The van der Waals surface area contributed by atoms with Crippen molar-refractivity contribution in [3.63, 3.8) is 0 Å². The smallest absolute Gasteiger partial charge is 0.0552 e. The third-order valence-corrected chi connectivity index (χ3v) is 2.14. The molecule has 0 aliphatic rings. The van der Waals surface area contributed by atoms with Gasteiger partial charge in [-0.3, -0.25) is 0 Å². The molecule has 0 heterocycles. The van der Waals surface area contributed by atoms with Crippen LogP contribution < -0.4 is 0 Å². The maximum atomic E-state index is 9.25. The van der Waals surface area contributed by atoms with Crippen molar-refractivity contribution in [2.45, 2.75) is 33.3 Å². The Morgan fingerprint density at radius 1 is 1.25 bits per heavy atom. The summed E-state index contributed by atoms with van der Waals surface area (Å²) < 4.78 is 0. The fourth-order valence-corrected chi connectivity index (χ4v) is 1.47. The Balaban J connectivity index is 2.96. The van der Waals surface area contributed by atoms with E-state index in [9.17, 15) is 5.11 Å². The summed E-state index contributed by atoms with van der Waals surface area (Å²) in [5.41, 5.74) is 3.83. The minimum Gasteiger partial charge on any atom is -0.393 e. The summed E-state index contributed by atoms with van der Waals surface area (Å²) in [6, 6.07) is 6.23. The molecular formula is C11H16O. The molecule has 66 valence electrons. The molecule has 1 nitrogen and oxygen atoms in total. The minimum atomic E-state index is -0.246. The van der Waals surface area contributed by atoms with Gasteiger partial charge in [0.05, 0.1) is 6.10 Å². The summed E-state index contributed by atoms with van der Waals surface area (Å²) in [5, 5.41) is 9.25. The van der Waals surface area contributed by atoms with E-state index in [2.05, 4.69) is 32.0 Å². The molecule has 0 unspecified atom stereocenters. The predicted molar refractivity (Wildman–Crippen MR) is 51.3 cm³/mol. The highest BCUT2D eigenvalue weighted by Gasteiger charge is 2.04. The Hall–Kier alpha value is -0.820. The highest BCUT2D eigenvalue weighted by Crippen LogP contribution is 2.14. The summed E-state index contributed by atoms with van der Waals surface area (Å²) in [7, 11) is 0. The second-order valence-corrected chi connectivity index (χ2v) is 3.42. The number of aryl methyl sites for hydroxylation is 2. The Bertz CT molecular complexity index is 243. The summed E-state index contributed by atoms with van der Waals surface area (Å²) in [4.78, 5) is 0. The van der Waals surface area contributed by atoms with Gasteiger partial charge >= 0.3 is 0 Å². The van der Waals surface area contributed by atoms with Crippen LogP contribution in [0.5, 0.6) is 0 Å². The summed E-state index contributed by atoms with van der Waals surface area (Å²) >= 11 is 0. The first-order valence-corrected chi connectivity index (χ1v) is 4.34. The van der Waals surface area contributed by atoms with Gasteiger partial charge in [0.15, 0.2) is 0 Å². The lowest BCUT2D eigenvalue weighted by atomic mass is 9.98. The van der Waals surface area contributed by atoms with E-state index in [1.54, 1.807) is 0 Å². The molecule has 1 atom stereocenters. The van der Waals surface area contributed by atoms with Gasteiger partial charge in [-0.2, -0.15) is 0 Å². The number of aliphatic hydroxyl groups is 1. The summed E-state index contributed by atoms with van der Waals surface area (Å²) in [5.74, 6) is 0. The zero-order valence-corrected chi connectivity index (χ0v) is 7.96. The molecule has 0 saturated heterocycles. The van der Waals surface area contributed by atoms with Crippen molar-refractivity contribution in [1.29, 1.82) is 0 Å². The van der Waals surface area contributed by atoms with E-state index in [1.807, 2.05) is 6.92 Å². The second kappa shape index (κ2) is 3.72. The van der Waals surface area contributed by atoms with Gasteiger partial charge < -0.3 is 5.11 Å². The molecule has 0 radical (unpaired) electrons. The maximum absolute atomic E-state index is 9.25. The van der Waals surface area contributed by atoms with Crippen LogP contribution in [-0.2, 0) is 6.42 Å². The third-order valence-electron chi connectivity index (χ3n) is 2.14. The molecule has 0 amide bonds. The molecule has 0 spiro atoms. The van der Waals surface area contributed by atoms with Crippen molar-refractivity contribution in [1.82, 2.24) is 0 Å². The fourth-order valence-electron chi connectivity index (χ4n) is 1.47. The lowest BCUT2D eigenvalue weighted by Crippen LogP contribution is -2.07. The number of aliphatic hydroxyl groups excluding tert-OH is 1. The van der Waals surface area contributed by atoms with E-state index >= 15 is 0 Å². The van der Waals surface area contributed by atoms with Crippen LogP contribution in [-0.4, -0.2) is 11.2 Å². The van der Waals surface area contributed by atoms with E-state index in [1.165, 1.54) is 16.7 Å². The zero-order chi connectivity index (χ0) is 9.14. The maximum Gasteiger partial charge on any atom is 0.0552 e. The molecule has 1 heteroatoms. The Labute approximate surface area is 74.1 Å². The molecule has 1 rings (SSSR count).